The molecule has 0 saturated carbocycles. The molecule has 1 aromatic carbocycles. The first-order valence-corrected chi connectivity index (χ1v) is 12.1. The van der Waals surface area contributed by atoms with Gasteiger partial charge < -0.3 is 9.16 Å². The summed E-state index contributed by atoms with van der Waals surface area (Å²) in [6.07, 6.45) is 0. The van der Waals surface area contributed by atoms with Gasteiger partial charge in [0.15, 0.2) is 8.32 Å². The Kier molecular flexibility index (Phi) is 6.62. The summed E-state index contributed by atoms with van der Waals surface area (Å²) >= 11 is 0. The molecule has 0 bridgehead atoms. The number of aromatic amines is 1. The second-order valence-electron chi connectivity index (χ2n) is 8.17. The Hall–Kier alpha value is -1.96. The highest BCUT2D eigenvalue weighted by molar-refractivity contribution is 6.74. The van der Waals surface area contributed by atoms with E-state index in [1.807, 2.05) is 30.3 Å². The van der Waals surface area contributed by atoms with E-state index in [0.717, 1.165) is 5.56 Å². The predicted octanol–water partition coefficient (Wildman–Crippen LogP) is 3.51. The Morgan fingerprint density at radius 3 is 2.30 bits per heavy atom. The molecule has 0 aliphatic carbocycles. The third-order valence-corrected chi connectivity index (χ3v) is 9.73. The van der Waals surface area contributed by atoms with Gasteiger partial charge in [-0.05, 0) is 30.6 Å². The van der Waals surface area contributed by atoms with Crippen LogP contribution in [0.3, 0.4) is 0 Å². The molecule has 7 heteroatoms. The maximum atomic E-state index is 12.3. The van der Waals surface area contributed by atoms with Gasteiger partial charge in [0.25, 0.3) is 5.56 Å². The highest BCUT2D eigenvalue weighted by Gasteiger charge is 2.36. The molecule has 6 nitrogen and oxygen atoms in total. The van der Waals surface area contributed by atoms with Gasteiger partial charge in [-0.3, -0.25) is 14.3 Å². The van der Waals surface area contributed by atoms with Crippen LogP contribution in [0.4, 0.5) is 0 Å². The molecule has 0 spiro atoms. The number of aromatic nitrogens is 2. The second-order valence-corrected chi connectivity index (χ2v) is 13.0. The molecular formula is C20H30N2O4Si. The van der Waals surface area contributed by atoms with E-state index in [4.69, 9.17) is 9.16 Å². The van der Waals surface area contributed by atoms with Crippen LogP contribution in [0.5, 0.6) is 0 Å². The number of rotatable bonds is 7. The van der Waals surface area contributed by atoms with E-state index in [1.165, 1.54) is 4.57 Å². The Morgan fingerprint density at radius 1 is 1.07 bits per heavy atom. The first-order valence-electron chi connectivity index (χ1n) is 9.15. The molecule has 1 heterocycles. The molecule has 0 aliphatic heterocycles. The third kappa shape index (κ3) is 5.06. The fraction of sp³-hybridized carbons (Fsp3) is 0.500. The molecule has 0 fully saturated rings. The summed E-state index contributed by atoms with van der Waals surface area (Å²) in [5, 5.41) is 0.139. The minimum atomic E-state index is -1.82. The number of hydrogen-bond acceptors (Lipinski definition) is 4. The van der Waals surface area contributed by atoms with Crippen LogP contribution < -0.4 is 11.2 Å². The zero-order valence-electron chi connectivity index (χ0n) is 17.1. The lowest BCUT2D eigenvalue weighted by Gasteiger charge is -2.36. The Bertz CT molecular complexity index is 880. The fourth-order valence-corrected chi connectivity index (χ4v) is 3.52. The van der Waals surface area contributed by atoms with Gasteiger partial charge in [-0.2, -0.15) is 0 Å². The van der Waals surface area contributed by atoms with Gasteiger partial charge in [0.05, 0.1) is 18.9 Å². The molecule has 1 N–H and O–H groups in total. The molecule has 0 atom stereocenters. The van der Waals surface area contributed by atoms with Gasteiger partial charge in [-0.25, -0.2) is 4.79 Å². The smallest absolute Gasteiger partial charge is 0.330 e. The molecule has 2 rings (SSSR count). The standard InChI is InChI=1S/C20H30N2O4Si/c1-15-17(16-10-8-7-9-11-16)22(19(24)21-18(15)23)14-25-12-13-26-27(5,6)20(2,3)4/h7-11H,12-14H2,1-6H3,(H,21,23,24). The Labute approximate surface area is 161 Å². The monoisotopic (exact) mass is 390 g/mol. The number of H-pyrrole nitrogens is 1. The minimum Gasteiger partial charge on any atom is -0.414 e. The van der Waals surface area contributed by atoms with E-state index in [2.05, 4.69) is 38.8 Å². The maximum absolute atomic E-state index is 12.3. The molecule has 0 amide bonds. The van der Waals surface area contributed by atoms with Crippen molar-refractivity contribution in [1.82, 2.24) is 9.55 Å². The van der Waals surface area contributed by atoms with Gasteiger partial charge in [0.2, 0.25) is 0 Å². The van der Waals surface area contributed by atoms with Crippen LogP contribution >= 0.6 is 0 Å². The van der Waals surface area contributed by atoms with Crippen LogP contribution in [0.25, 0.3) is 11.3 Å². The zero-order chi connectivity index (χ0) is 20.2. The van der Waals surface area contributed by atoms with Crippen molar-refractivity contribution in [3.8, 4) is 11.3 Å². The Balaban J connectivity index is 2.13. The summed E-state index contributed by atoms with van der Waals surface area (Å²) in [7, 11) is -1.82. The van der Waals surface area contributed by atoms with Gasteiger partial charge in [0, 0.05) is 5.56 Å². The lowest BCUT2D eigenvalue weighted by atomic mass is 10.1. The van der Waals surface area contributed by atoms with Crippen LogP contribution in [0, 0.1) is 6.92 Å². The number of ether oxygens (including phenoxy) is 1. The average Bonchev–Trinajstić information content (AvgIpc) is 2.58. The van der Waals surface area contributed by atoms with Crippen molar-refractivity contribution >= 4 is 8.32 Å². The third-order valence-electron chi connectivity index (χ3n) is 5.20. The summed E-state index contributed by atoms with van der Waals surface area (Å²) in [5.41, 5.74) is 1.02. The molecule has 0 unspecified atom stereocenters. The summed E-state index contributed by atoms with van der Waals surface area (Å²) in [6, 6.07) is 9.39. The van der Waals surface area contributed by atoms with E-state index < -0.39 is 14.0 Å². The predicted molar refractivity (Wildman–Crippen MR) is 111 cm³/mol. The number of benzene rings is 1. The first-order chi connectivity index (χ1) is 12.5. The van der Waals surface area contributed by atoms with Crippen molar-refractivity contribution in [1.29, 1.82) is 0 Å². The lowest BCUT2D eigenvalue weighted by molar-refractivity contribution is 0.0490. The van der Waals surface area contributed by atoms with E-state index >= 15 is 0 Å². The van der Waals surface area contributed by atoms with Crippen molar-refractivity contribution in [2.45, 2.75) is 52.6 Å². The number of nitrogens with zero attached hydrogens (tertiary/aromatic N) is 1. The van der Waals surface area contributed by atoms with Crippen LogP contribution in [-0.4, -0.2) is 31.1 Å². The lowest BCUT2D eigenvalue weighted by Crippen LogP contribution is -2.41. The number of nitrogens with one attached hydrogen (secondary N) is 1. The van der Waals surface area contributed by atoms with Crippen molar-refractivity contribution < 1.29 is 9.16 Å². The van der Waals surface area contributed by atoms with Crippen LogP contribution in [0.2, 0.25) is 18.1 Å². The normalized spacial score (nSPS) is 12.4. The van der Waals surface area contributed by atoms with Gasteiger partial charge in [-0.1, -0.05) is 51.1 Å². The van der Waals surface area contributed by atoms with Gasteiger partial charge in [-0.15, -0.1) is 0 Å². The largest absolute Gasteiger partial charge is 0.414 e. The second kappa shape index (κ2) is 8.37. The van der Waals surface area contributed by atoms with Crippen LogP contribution in [0.1, 0.15) is 26.3 Å². The summed E-state index contributed by atoms with van der Waals surface area (Å²) in [6.45, 7) is 13.6. The Morgan fingerprint density at radius 2 is 1.70 bits per heavy atom. The van der Waals surface area contributed by atoms with Gasteiger partial charge >= 0.3 is 5.69 Å². The maximum Gasteiger partial charge on any atom is 0.330 e. The van der Waals surface area contributed by atoms with E-state index in [1.54, 1.807) is 6.92 Å². The molecule has 0 aliphatic rings. The van der Waals surface area contributed by atoms with Crippen molar-refractivity contribution in [3.63, 3.8) is 0 Å². The molecule has 0 radical (unpaired) electrons. The summed E-state index contributed by atoms with van der Waals surface area (Å²) < 4.78 is 13.2. The topological polar surface area (TPSA) is 73.3 Å². The molecule has 0 saturated heterocycles. The highest BCUT2D eigenvalue weighted by Crippen LogP contribution is 2.36. The molecular weight excluding hydrogens is 360 g/mol. The quantitative estimate of drug-likeness (QED) is 0.580. The average molecular weight is 391 g/mol. The fourth-order valence-electron chi connectivity index (χ4n) is 2.49. The van der Waals surface area contributed by atoms with Crippen molar-refractivity contribution in [3.05, 3.63) is 56.7 Å². The van der Waals surface area contributed by atoms with E-state index in [9.17, 15) is 9.59 Å². The van der Waals surface area contributed by atoms with Crippen LogP contribution in [0.15, 0.2) is 39.9 Å². The molecule has 2 aromatic rings. The number of hydrogen-bond donors (Lipinski definition) is 1. The molecule has 1 aromatic heterocycles. The van der Waals surface area contributed by atoms with E-state index in [0.29, 0.717) is 24.5 Å². The summed E-state index contributed by atoms with van der Waals surface area (Å²) in [4.78, 5) is 26.7. The van der Waals surface area contributed by atoms with Gasteiger partial charge in [0.1, 0.15) is 6.73 Å². The van der Waals surface area contributed by atoms with Crippen molar-refractivity contribution in [2.24, 2.45) is 0 Å². The SMILES string of the molecule is Cc1c(-c2ccccc2)n(COCCO[Si](C)(C)C(C)(C)C)c(=O)[nH]c1=O. The van der Waals surface area contributed by atoms with Crippen LogP contribution in [-0.2, 0) is 15.9 Å². The minimum absolute atomic E-state index is 0.0571. The summed E-state index contributed by atoms with van der Waals surface area (Å²) in [5.74, 6) is 0. The first kappa shape index (κ1) is 21.3. The molecule has 27 heavy (non-hydrogen) atoms. The highest BCUT2D eigenvalue weighted by atomic mass is 28.4. The van der Waals surface area contributed by atoms with Crippen molar-refractivity contribution in [2.75, 3.05) is 13.2 Å². The zero-order valence-corrected chi connectivity index (χ0v) is 18.1. The molecule has 148 valence electrons. The van der Waals surface area contributed by atoms with E-state index in [-0.39, 0.29) is 17.3 Å².